The summed E-state index contributed by atoms with van der Waals surface area (Å²) in [4.78, 5) is 0. The first-order chi connectivity index (χ1) is 9.72. The van der Waals surface area contributed by atoms with E-state index in [1.165, 1.54) is 11.6 Å². The number of halogens is 1. The van der Waals surface area contributed by atoms with E-state index in [1.807, 2.05) is 12.1 Å². The van der Waals surface area contributed by atoms with Crippen LogP contribution in [0.2, 0.25) is 0 Å². The van der Waals surface area contributed by atoms with Crippen molar-refractivity contribution in [3.05, 3.63) is 65.0 Å². The molecule has 20 heavy (non-hydrogen) atoms. The van der Waals surface area contributed by atoms with E-state index in [0.717, 1.165) is 36.1 Å². The van der Waals surface area contributed by atoms with Crippen LogP contribution in [0.4, 0.5) is 4.39 Å². The number of hydrogen-bond donors (Lipinski definition) is 1. The Morgan fingerprint density at radius 2 is 1.80 bits per heavy atom. The highest BCUT2D eigenvalue weighted by atomic mass is 19.1. The molecule has 0 aliphatic carbocycles. The third-order valence-corrected chi connectivity index (χ3v) is 3.36. The molecule has 0 bridgehead atoms. The van der Waals surface area contributed by atoms with E-state index in [9.17, 15) is 4.39 Å². The SMILES string of the molecule is COc1cc(CCN)ccc1CCc1cccc(F)c1. The van der Waals surface area contributed by atoms with Crippen molar-refractivity contribution in [3.8, 4) is 5.75 Å². The summed E-state index contributed by atoms with van der Waals surface area (Å²) in [5.74, 6) is 0.695. The fraction of sp³-hybridized carbons (Fsp3) is 0.294. The first-order valence-corrected chi connectivity index (χ1v) is 6.83. The number of aryl methyl sites for hydroxylation is 2. The lowest BCUT2D eigenvalue weighted by molar-refractivity contribution is 0.409. The first-order valence-electron chi connectivity index (χ1n) is 6.83. The molecule has 0 amide bonds. The topological polar surface area (TPSA) is 35.2 Å². The van der Waals surface area contributed by atoms with Crippen LogP contribution in [0.5, 0.6) is 5.75 Å². The summed E-state index contributed by atoms with van der Waals surface area (Å²) in [6, 6.07) is 12.9. The third-order valence-electron chi connectivity index (χ3n) is 3.36. The summed E-state index contributed by atoms with van der Waals surface area (Å²) >= 11 is 0. The normalized spacial score (nSPS) is 10.6. The second-order valence-electron chi connectivity index (χ2n) is 4.81. The van der Waals surface area contributed by atoms with Crippen molar-refractivity contribution in [2.24, 2.45) is 5.73 Å². The highest BCUT2D eigenvalue weighted by molar-refractivity contribution is 5.38. The summed E-state index contributed by atoms with van der Waals surface area (Å²) in [6.45, 7) is 0.631. The van der Waals surface area contributed by atoms with Crippen molar-refractivity contribution in [2.75, 3.05) is 13.7 Å². The first kappa shape index (κ1) is 14.5. The van der Waals surface area contributed by atoms with Crippen LogP contribution in [0.1, 0.15) is 16.7 Å². The molecule has 2 aromatic carbocycles. The smallest absolute Gasteiger partial charge is 0.123 e. The number of methoxy groups -OCH3 is 1. The van der Waals surface area contributed by atoms with Gasteiger partial charge in [0.2, 0.25) is 0 Å². The molecule has 2 N–H and O–H groups in total. The number of rotatable bonds is 6. The van der Waals surface area contributed by atoms with Gasteiger partial charge in [0.1, 0.15) is 11.6 Å². The third kappa shape index (κ3) is 3.81. The minimum Gasteiger partial charge on any atom is -0.496 e. The standard InChI is InChI=1S/C17H20FNO/c1-20-17-12-14(9-10-19)6-8-15(17)7-5-13-3-2-4-16(18)11-13/h2-4,6,8,11-12H,5,7,9-10,19H2,1H3. The molecular formula is C17H20FNO. The molecule has 0 aromatic heterocycles. The molecule has 3 heteroatoms. The molecule has 106 valence electrons. The quantitative estimate of drug-likeness (QED) is 0.877. The van der Waals surface area contributed by atoms with Crippen LogP contribution in [0.15, 0.2) is 42.5 Å². The lowest BCUT2D eigenvalue weighted by Crippen LogP contribution is -2.04. The number of nitrogens with two attached hydrogens (primary N) is 1. The molecule has 0 aliphatic heterocycles. The molecular weight excluding hydrogens is 253 g/mol. The van der Waals surface area contributed by atoms with Crippen LogP contribution in [0, 0.1) is 5.82 Å². The van der Waals surface area contributed by atoms with E-state index in [0.29, 0.717) is 6.54 Å². The molecule has 0 unspecified atom stereocenters. The molecule has 0 saturated carbocycles. The van der Waals surface area contributed by atoms with Crippen LogP contribution in [0.3, 0.4) is 0 Å². The number of hydrogen-bond acceptors (Lipinski definition) is 2. The number of ether oxygens (including phenoxy) is 1. The van der Waals surface area contributed by atoms with Gasteiger partial charge in [-0.15, -0.1) is 0 Å². The van der Waals surface area contributed by atoms with E-state index in [-0.39, 0.29) is 5.82 Å². The van der Waals surface area contributed by atoms with Crippen molar-refractivity contribution in [3.63, 3.8) is 0 Å². The van der Waals surface area contributed by atoms with Gasteiger partial charge < -0.3 is 10.5 Å². The van der Waals surface area contributed by atoms with Crippen LogP contribution in [0.25, 0.3) is 0 Å². The molecule has 0 heterocycles. The summed E-state index contributed by atoms with van der Waals surface area (Å²) in [5, 5.41) is 0. The van der Waals surface area contributed by atoms with Gasteiger partial charge in [-0.05, 0) is 60.7 Å². The van der Waals surface area contributed by atoms with Crippen LogP contribution in [-0.4, -0.2) is 13.7 Å². The zero-order chi connectivity index (χ0) is 14.4. The molecule has 2 aromatic rings. The molecule has 2 rings (SSSR count). The van der Waals surface area contributed by atoms with Gasteiger partial charge in [0.15, 0.2) is 0 Å². The molecule has 0 aliphatic rings. The number of benzene rings is 2. The maximum atomic E-state index is 13.1. The average molecular weight is 273 g/mol. The fourth-order valence-electron chi connectivity index (χ4n) is 2.29. The Balaban J connectivity index is 2.09. The Hall–Kier alpha value is -1.87. The van der Waals surface area contributed by atoms with Crippen molar-refractivity contribution >= 4 is 0 Å². The maximum absolute atomic E-state index is 13.1. The maximum Gasteiger partial charge on any atom is 0.123 e. The van der Waals surface area contributed by atoms with Crippen LogP contribution in [-0.2, 0) is 19.3 Å². The van der Waals surface area contributed by atoms with Gasteiger partial charge in [-0.1, -0.05) is 24.3 Å². The van der Waals surface area contributed by atoms with Gasteiger partial charge in [-0.25, -0.2) is 4.39 Å². The zero-order valence-corrected chi connectivity index (χ0v) is 11.7. The Morgan fingerprint density at radius 3 is 2.50 bits per heavy atom. The highest BCUT2D eigenvalue weighted by Crippen LogP contribution is 2.22. The second kappa shape index (κ2) is 7.06. The van der Waals surface area contributed by atoms with Gasteiger partial charge in [0.05, 0.1) is 7.11 Å². The summed E-state index contributed by atoms with van der Waals surface area (Å²) < 4.78 is 18.6. The van der Waals surface area contributed by atoms with E-state index in [2.05, 4.69) is 12.1 Å². The Bertz CT molecular complexity index is 569. The van der Waals surface area contributed by atoms with Gasteiger partial charge in [0, 0.05) is 0 Å². The van der Waals surface area contributed by atoms with E-state index in [1.54, 1.807) is 19.2 Å². The lowest BCUT2D eigenvalue weighted by Gasteiger charge is -2.10. The van der Waals surface area contributed by atoms with Crippen LogP contribution < -0.4 is 10.5 Å². The zero-order valence-electron chi connectivity index (χ0n) is 11.7. The molecule has 0 spiro atoms. The van der Waals surface area contributed by atoms with Crippen molar-refractivity contribution in [1.82, 2.24) is 0 Å². The molecule has 0 saturated heterocycles. The molecule has 0 atom stereocenters. The summed E-state index contributed by atoms with van der Waals surface area (Å²) in [7, 11) is 1.67. The molecule has 2 nitrogen and oxygen atoms in total. The summed E-state index contributed by atoms with van der Waals surface area (Å²) in [5.41, 5.74) is 8.88. The van der Waals surface area contributed by atoms with E-state index < -0.39 is 0 Å². The monoisotopic (exact) mass is 273 g/mol. The van der Waals surface area contributed by atoms with Crippen LogP contribution >= 0.6 is 0 Å². The lowest BCUT2D eigenvalue weighted by atomic mass is 10.0. The highest BCUT2D eigenvalue weighted by Gasteiger charge is 2.05. The minimum absolute atomic E-state index is 0.187. The van der Waals surface area contributed by atoms with Gasteiger partial charge in [-0.3, -0.25) is 0 Å². The van der Waals surface area contributed by atoms with Gasteiger partial charge >= 0.3 is 0 Å². The van der Waals surface area contributed by atoms with Crippen molar-refractivity contribution in [1.29, 1.82) is 0 Å². The second-order valence-corrected chi connectivity index (χ2v) is 4.81. The fourth-order valence-corrected chi connectivity index (χ4v) is 2.29. The molecule has 0 radical (unpaired) electrons. The van der Waals surface area contributed by atoms with Crippen molar-refractivity contribution in [2.45, 2.75) is 19.3 Å². The summed E-state index contributed by atoms with van der Waals surface area (Å²) in [6.07, 6.45) is 2.47. The minimum atomic E-state index is -0.187. The van der Waals surface area contributed by atoms with Crippen molar-refractivity contribution < 1.29 is 9.13 Å². The predicted molar refractivity (Wildman–Crippen MR) is 79.6 cm³/mol. The van der Waals surface area contributed by atoms with E-state index in [4.69, 9.17) is 10.5 Å². The Labute approximate surface area is 119 Å². The molecule has 0 fully saturated rings. The van der Waals surface area contributed by atoms with Gasteiger partial charge in [0.25, 0.3) is 0 Å². The predicted octanol–water partition coefficient (Wildman–Crippen LogP) is 3.12. The average Bonchev–Trinajstić information content (AvgIpc) is 2.46. The Kier molecular flexibility index (Phi) is 5.13. The largest absolute Gasteiger partial charge is 0.496 e. The van der Waals surface area contributed by atoms with E-state index >= 15 is 0 Å². The Morgan fingerprint density at radius 1 is 1.00 bits per heavy atom. The van der Waals surface area contributed by atoms with Gasteiger partial charge in [-0.2, -0.15) is 0 Å².